The molecule has 0 saturated carbocycles. The molecule has 0 saturated heterocycles. The molecule has 0 spiro atoms. The van der Waals surface area contributed by atoms with Crippen LogP contribution in [0.15, 0.2) is 67.3 Å². The van der Waals surface area contributed by atoms with Crippen molar-refractivity contribution in [2.24, 2.45) is 5.92 Å². The number of carbonyl (C=O) groups is 3. The number of rotatable bonds is 12. The highest BCUT2D eigenvalue weighted by atomic mass is 16.5. The third-order valence-electron chi connectivity index (χ3n) is 5.11. The van der Waals surface area contributed by atoms with E-state index < -0.39 is 18.3 Å². The van der Waals surface area contributed by atoms with E-state index in [0.717, 1.165) is 28.2 Å². The van der Waals surface area contributed by atoms with Crippen LogP contribution in [0.1, 0.15) is 37.3 Å². The second-order valence-corrected chi connectivity index (χ2v) is 7.43. The molecule has 0 N–H and O–H groups in total. The van der Waals surface area contributed by atoms with Gasteiger partial charge in [-0.25, -0.2) is 0 Å². The van der Waals surface area contributed by atoms with Crippen molar-refractivity contribution in [3.05, 3.63) is 78.4 Å². The van der Waals surface area contributed by atoms with Gasteiger partial charge in [-0.3, -0.25) is 19.3 Å². The largest absolute Gasteiger partial charge is 0.497 e. The Kier molecular flexibility index (Phi) is 10.2. The Hall–Kier alpha value is -3.41. The Morgan fingerprint density at radius 3 is 2.28 bits per heavy atom. The van der Waals surface area contributed by atoms with Crippen molar-refractivity contribution in [3.8, 4) is 5.75 Å². The lowest BCUT2D eigenvalue weighted by Crippen LogP contribution is -2.37. The van der Waals surface area contributed by atoms with Gasteiger partial charge >= 0.3 is 5.97 Å². The summed E-state index contributed by atoms with van der Waals surface area (Å²) in [6, 6.07) is 17.0. The van der Waals surface area contributed by atoms with Crippen LogP contribution in [-0.2, 0) is 32.1 Å². The monoisotopic (exact) mass is 437 g/mol. The second kappa shape index (κ2) is 13.1. The van der Waals surface area contributed by atoms with Crippen molar-refractivity contribution in [1.29, 1.82) is 0 Å². The minimum absolute atomic E-state index is 0.0751. The van der Waals surface area contributed by atoms with E-state index >= 15 is 0 Å². The molecule has 0 heterocycles. The number of imide groups is 1. The number of carbonyl (C=O) groups excluding carboxylic acids is 3. The molecular formula is C26H31NO5. The zero-order valence-electron chi connectivity index (χ0n) is 18.8. The third-order valence-corrected chi connectivity index (χ3v) is 5.11. The van der Waals surface area contributed by atoms with Gasteiger partial charge in [0.25, 0.3) is 0 Å². The van der Waals surface area contributed by atoms with Crippen molar-refractivity contribution < 1.29 is 23.9 Å². The molecule has 0 aliphatic carbocycles. The van der Waals surface area contributed by atoms with Crippen LogP contribution >= 0.6 is 0 Å². The molecule has 1 atom stereocenters. The van der Waals surface area contributed by atoms with Gasteiger partial charge in [0.1, 0.15) is 12.2 Å². The summed E-state index contributed by atoms with van der Waals surface area (Å²) in [6.07, 6.45) is 2.83. The summed E-state index contributed by atoms with van der Waals surface area (Å²) < 4.78 is 10.1. The molecule has 2 amide bonds. The zero-order valence-corrected chi connectivity index (χ0v) is 18.8. The SMILES string of the molecule is C=CC(CCC(=O)N(Cc1ccccc1)C(=O)CC(=O)OCC)Cc1ccc(OC)cc1. The molecule has 0 aliphatic rings. The van der Waals surface area contributed by atoms with Crippen molar-refractivity contribution in [2.75, 3.05) is 13.7 Å². The maximum absolute atomic E-state index is 13.0. The normalized spacial score (nSPS) is 11.3. The fraction of sp³-hybridized carbons (Fsp3) is 0.346. The van der Waals surface area contributed by atoms with E-state index in [9.17, 15) is 14.4 Å². The number of esters is 1. The van der Waals surface area contributed by atoms with Crippen LogP contribution in [0.5, 0.6) is 5.75 Å². The molecule has 0 fully saturated rings. The summed E-state index contributed by atoms with van der Waals surface area (Å²) in [5, 5.41) is 0. The summed E-state index contributed by atoms with van der Waals surface area (Å²) >= 11 is 0. The first-order valence-electron chi connectivity index (χ1n) is 10.7. The second-order valence-electron chi connectivity index (χ2n) is 7.43. The molecular weight excluding hydrogens is 406 g/mol. The van der Waals surface area contributed by atoms with E-state index in [2.05, 4.69) is 6.58 Å². The number of ether oxygens (including phenoxy) is 2. The van der Waals surface area contributed by atoms with Crippen LogP contribution in [0.25, 0.3) is 0 Å². The Morgan fingerprint density at radius 2 is 1.69 bits per heavy atom. The number of hydrogen-bond acceptors (Lipinski definition) is 5. The van der Waals surface area contributed by atoms with Gasteiger partial charge in [0, 0.05) is 6.42 Å². The van der Waals surface area contributed by atoms with Crippen LogP contribution in [0.4, 0.5) is 0 Å². The quantitative estimate of drug-likeness (QED) is 0.281. The van der Waals surface area contributed by atoms with E-state index in [0.29, 0.717) is 6.42 Å². The van der Waals surface area contributed by atoms with Gasteiger partial charge in [0.2, 0.25) is 11.8 Å². The zero-order chi connectivity index (χ0) is 23.3. The molecule has 0 bridgehead atoms. The van der Waals surface area contributed by atoms with Gasteiger partial charge < -0.3 is 9.47 Å². The molecule has 6 nitrogen and oxygen atoms in total. The molecule has 0 aromatic heterocycles. The Bertz CT molecular complexity index is 892. The van der Waals surface area contributed by atoms with Crippen LogP contribution in [0, 0.1) is 5.92 Å². The van der Waals surface area contributed by atoms with Gasteiger partial charge in [-0.2, -0.15) is 0 Å². The molecule has 0 aliphatic heterocycles. The number of nitrogens with zero attached hydrogens (tertiary/aromatic N) is 1. The maximum atomic E-state index is 13.0. The third kappa shape index (κ3) is 8.02. The first-order valence-corrected chi connectivity index (χ1v) is 10.7. The molecule has 170 valence electrons. The highest BCUT2D eigenvalue weighted by molar-refractivity contribution is 6.02. The standard InChI is InChI=1S/C26H31NO5/c1-4-20(17-21-11-14-23(31-3)15-12-21)13-16-24(28)27(19-22-9-7-6-8-10-22)25(29)18-26(30)32-5-2/h4,6-12,14-15,20H,1,5,13,16-19H2,2-3H3. The fourth-order valence-corrected chi connectivity index (χ4v) is 3.32. The first-order chi connectivity index (χ1) is 15.5. The molecule has 2 aromatic rings. The van der Waals surface area contributed by atoms with Crippen LogP contribution in [-0.4, -0.2) is 36.4 Å². The van der Waals surface area contributed by atoms with E-state index in [4.69, 9.17) is 9.47 Å². The Labute approximate surface area is 189 Å². The lowest BCUT2D eigenvalue weighted by Gasteiger charge is -2.22. The Morgan fingerprint density at radius 1 is 1.00 bits per heavy atom. The summed E-state index contributed by atoms with van der Waals surface area (Å²) in [5.74, 6) is -0.638. The fourth-order valence-electron chi connectivity index (χ4n) is 3.32. The minimum Gasteiger partial charge on any atom is -0.497 e. The highest BCUT2D eigenvalue weighted by Gasteiger charge is 2.25. The van der Waals surface area contributed by atoms with Gasteiger partial charge in [-0.1, -0.05) is 48.5 Å². The number of methoxy groups -OCH3 is 1. The number of benzene rings is 2. The van der Waals surface area contributed by atoms with Crippen molar-refractivity contribution >= 4 is 17.8 Å². The number of allylic oxidation sites excluding steroid dienone is 1. The molecule has 32 heavy (non-hydrogen) atoms. The highest BCUT2D eigenvalue weighted by Crippen LogP contribution is 2.19. The molecule has 1 unspecified atom stereocenters. The predicted octanol–water partition coefficient (Wildman–Crippen LogP) is 4.33. The summed E-state index contributed by atoms with van der Waals surface area (Å²) in [6.45, 7) is 5.88. The van der Waals surface area contributed by atoms with Gasteiger partial charge in [0.15, 0.2) is 0 Å². The summed E-state index contributed by atoms with van der Waals surface area (Å²) in [7, 11) is 1.62. The average Bonchev–Trinajstić information content (AvgIpc) is 2.81. The van der Waals surface area contributed by atoms with Gasteiger partial charge in [0.05, 0.1) is 20.3 Å². The van der Waals surface area contributed by atoms with E-state index in [1.807, 2.05) is 60.7 Å². The van der Waals surface area contributed by atoms with Crippen molar-refractivity contribution in [2.45, 2.75) is 39.2 Å². The van der Waals surface area contributed by atoms with Crippen molar-refractivity contribution in [1.82, 2.24) is 4.90 Å². The van der Waals surface area contributed by atoms with Crippen molar-refractivity contribution in [3.63, 3.8) is 0 Å². The molecule has 0 radical (unpaired) electrons. The summed E-state index contributed by atoms with van der Waals surface area (Å²) in [5.41, 5.74) is 1.93. The molecule has 6 heteroatoms. The van der Waals surface area contributed by atoms with E-state index in [1.165, 1.54) is 0 Å². The molecule has 2 aromatic carbocycles. The Balaban J connectivity index is 2.03. The predicted molar refractivity (Wildman–Crippen MR) is 123 cm³/mol. The van der Waals surface area contributed by atoms with Crippen LogP contribution in [0.2, 0.25) is 0 Å². The first kappa shape index (κ1) is 24.9. The van der Waals surface area contributed by atoms with Crippen LogP contribution in [0.3, 0.4) is 0 Å². The smallest absolute Gasteiger partial charge is 0.315 e. The van der Waals surface area contributed by atoms with E-state index in [-0.39, 0.29) is 31.4 Å². The molecule has 2 rings (SSSR count). The van der Waals surface area contributed by atoms with E-state index in [1.54, 1.807) is 14.0 Å². The van der Waals surface area contributed by atoms with Gasteiger partial charge in [-0.15, -0.1) is 6.58 Å². The topological polar surface area (TPSA) is 72.9 Å². The number of amides is 2. The lowest BCUT2D eigenvalue weighted by atomic mass is 9.94. The summed E-state index contributed by atoms with van der Waals surface area (Å²) in [4.78, 5) is 38.6. The minimum atomic E-state index is -0.633. The average molecular weight is 438 g/mol. The lowest BCUT2D eigenvalue weighted by molar-refractivity contribution is -0.152. The van der Waals surface area contributed by atoms with Crippen LogP contribution < -0.4 is 4.74 Å². The number of hydrogen-bond donors (Lipinski definition) is 0. The maximum Gasteiger partial charge on any atom is 0.315 e. The van der Waals surface area contributed by atoms with Gasteiger partial charge in [-0.05, 0) is 48.9 Å².